The van der Waals surface area contributed by atoms with Gasteiger partial charge < -0.3 is 15.4 Å². The summed E-state index contributed by atoms with van der Waals surface area (Å²) in [6.45, 7) is 1.91. The van der Waals surface area contributed by atoms with Gasteiger partial charge in [0.15, 0.2) is 0 Å². The summed E-state index contributed by atoms with van der Waals surface area (Å²) in [4.78, 5) is 22.4. The minimum atomic E-state index is -0.478. The number of hydrogen-bond acceptors (Lipinski definition) is 4. The number of carbonyl (C=O) groups excluding carboxylic acids is 1. The van der Waals surface area contributed by atoms with E-state index in [4.69, 9.17) is 4.74 Å². The lowest BCUT2D eigenvalue weighted by atomic mass is 10.1. The molecule has 0 unspecified atom stereocenters. The van der Waals surface area contributed by atoms with Crippen molar-refractivity contribution in [2.24, 2.45) is 0 Å². The Morgan fingerprint density at radius 3 is 2.70 bits per heavy atom. The lowest BCUT2D eigenvalue weighted by molar-refractivity contribution is -0.385. The van der Waals surface area contributed by atoms with Gasteiger partial charge in [-0.2, -0.15) is 0 Å². The molecule has 0 aromatic heterocycles. The predicted octanol–water partition coefficient (Wildman–Crippen LogP) is 3.23. The molecule has 0 aliphatic rings. The van der Waals surface area contributed by atoms with E-state index >= 15 is 0 Å². The Morgan fingerprint density at radius 2 is 2.00 bits per heavy atom. The van der Waals surface area contributed by atoms with Gasteiger partial charge in [0.05, 0.1) is 23.3 Å². The van der Waals surface area contributed by atoms with E-state index in [1.54, 1.807) is 20.1 Å². The second-order valence-corrected chi connectivity index (χ2v) is 4.87. The highest BCUT2D eigenvalue weighted by molar-refractivity contribution is 5.90. The number of methoxy groups -OCH3 is 1. The minimum absolute atomic E-state index is 0.0319. The molecule has 0 radical (unpaired) electrons. The Kier molecular flexibility index (Phi) is 5.14. The average Bonchev–Trinajstić information content (AvgIpc) is 2.55. The summed E-state index contributed by atoms with van der Waals surface area (Å²) in [6.07, 6.45) is 0. The molecular weight excluding hydrogens is 298 g/mol. The van der Waals surface area contributed by atoms with E-state index < -0.39 is 11.0 Å². The lowest BCUT2D eigenvalue weighted by Gasteiger charge is -2.10. The fraction of sp³-hybridized carbons (Fsp3) is 0.188. The van der Waals surface area contributed by atoms with Crippen molar-refractivity contribution in [1.29, 1.82) is 0 Å². The first-order valence-electron chi connectivity index (χ1n) is 6.93. The predicted molar refractivity (Wildman–Crippen MR) is 86.7 cm³/mol. The molecule has 0 atom stereocenters. The van der Waals surface area contributed by atoms with Crippen molar-refractivity contribution >= 4 is 17.4 Å². The maximum atomic E-state index is 12.0. The Morgan fingerprint density at radius 1 is 1.26 bits per heavy atom. The standard InChI is InChI=1S/C16H17N3O4/c1-11-14(7-4-8-15(11)19(21)22)18-16(20)17-10-12-5-3-6-13(9-12)23-2/h3-9H,10H2,1-2H3,(H2,17,18,20). The van der Waals surface area contributed by atoms with Crippen LogP contribution in [0.25, 0.3) is 0 Å². The van der Waals surface area contributed by atoms with Crippen molar-refractivity contribution in [3.63, 3.8) is 0 Å². The average molecular weight is 315 g/mol. The molecule has 23 heavy (non-hydrogen) atoms. The van der Waals surface area contributed by atoms with Crippen molar-refractivity contribution < 1.29 is 14.5 Å². The highest BCUT2D eigenvalue weighted by Gasteiger charge is 2.14. The first-order chi connectivity index (χ1) is 11.0. The highest BCUT2D eigenvalue weighted by Crippen LogP contribution is 2.24. The number of rotatable bonds is 5. The van der Waals surface area contributed by atoms with E-state index in [0.29, 0.717) is 23.5 Å². The molecule has 0 fully saturated rings. The molecule has 7 nitrogen and oxygen atoms in total. The summed E-state index contributed by atoms with van der Waals surface area (Å²) >= 11 is 0. The van der Waals surface area contributed by atoms with Gasteiger partial charge in [-0.15, -0.1) is 0 Å². The number of amides is 2. The Hall–Kier alpha value is -3.09. The normalized spacial score (nSPS) is 10.0. The van der Waals surface area contributed by atoms with Crippen molar-refractivity contribution in [1.82, 2.24) is 5.32 Å². The van der Waals surface area contributed by atoms with Gasteiger partial charge >= 0.3 is 6.03 Å². The fourth-order valence-electron chi connectivity index (χ4n) is 2.09. The quantitative estimate of drug-likeness (QED) is 0.654. The summed E-state index contributed by atoms with van der Waals surface area (Å²) in [5.74, 6) is 0.708. The van der Waals surface area contributed by atoms with Crippen LogP contribution >= 0.6 is 0 Å². The maximum Gasteiger partial charge on any atom is 0.319 e. The number of nitro benzene ring substituents is 1. The Bertz CT molecular complexity index is 731. The third kappa shape index (κ3) is 4.19. The number of hydrogen-bond donors (Lipinski definition) is 2. The smallest absolute Gasteiger partial charge is 0.319 e. The molecule has 0 saturated carbocycles. The second-order valence-electron chi connectivity index (χ2n) is 4.87. The van der Waals surface area contributed by atoms with Crippen LogP contribution in [0.4, 0.5) is 16.2 Å². The summed E-state index contributed by atoms with van der Waals surface area (Å²) in [6, 6.07) is 11.4. The van der Waals surface area contributed by atoms with Gasteiger partial charge in [0.2, 0.25) is 0 Å². The van der Waals surface area contributed by atoms with E-state index in [1.807, 2.05) is 24.3 Å². The van der Waals surface area contributed by atoms with E-state index in [1.165, 1.54) is 12.1 Å². The van der Waals surface area contributed by atoms with Crippen LogP contribution in [0.2, 0.25) is 0 Å². The molecule has 0 saturated heterocycles. The second kappa shape index (κ2) is 7.26. The van der Waals surface area contributed by atoms with Gasteiger partial charge in [-0.3, -0.25) is 10.1 Å². The van der Waals surface area contributed by atoms with Crippen LogP contribution in [0.15, 0.2) is 42.5 Å². The van der Waals surface area contributed by atoms with Gasteiger partial charge in [0.1, 0.15) is 5.75 Å². The molecule has 0 aliphatic carbocycles. The number of benzene rings is 2. The lowest BCUT2D eigenvalue weighted by Crippen LogP contribution is -2.28. The summed E-state index contributed by atoms with van der Waals surface area (Å²) in [5.41, 5.74) is 1.67. The molecule has 2 aromatic carbocycles. The molecule has 2 aromatic rings. The first-order valence-corrected chi connectivity index (χ1v) is 6.93. The van der Waals surface area contributed by atoms with Crippen LogP contribution in [0.5, 0.6) is 5.75 Å². The topological polar surface area (TPSA) is 93.5 Å². The molecule has 0 heterocycles. The molecular formula is C16H17N3O4. The van der Waals surface area contributed by atoms with Crippen LogP contribution in [-0.2, 0) is 6.54 Å². The summed E-state index contributed by atoms with van der Waals surface area (Å²) in [5, 5.41) is 16.2. The molecule has 0 spiro atoms. The van der Waals surface area contributed by atoms with Crippen LogP contribution in [-0.4, -0.2) is 18.1 Å². The van der Waals surface area contributed by atoms with Crippen LogP contribution < -0.4 is 15.4 Å². The summed E-state index contributed by atoms with van der Waals surface area (Å²) < 4.78 is 5.12. The third-order valence-electron chi connectivity index (χ3n) is 3.34. The van der Waals surface area contributed by atoms with Gasteiger partial charge in [0, 0.05) is 12.6 Å². The number of ether oxygens (including phenoxy) is 1. The van der Waals surface area contributed by atoms with Crippen molar-refractivity contribution in [2.45, 2.75) is 13.5 Å². The highest BCUT2D eigenvalue weighted by atomic mass is 16.6. The number of urea groups is 1. The first kappa shape index (κ1) is 16.3. The minimum Gasteiger partial charge on any atom is -0.497 e. The van der Waals surface area contributed by atoms with Crippen molar-refractivity contribution in [3.8, 4) is 5.75 Å². The molecule has 2 amide bonds. The molecule has 2 rings (SSSR count). The van der Waals surface area contributed by atoms with Gasteiger partial charge in [-0.1, -0.05) is 18.2 Å². The largest absolute Gasteiger partial charge is 0.497 e. The van der Waals surface area contributed by atoms with Crippen LogP contribution in [0.3, 0.4) is 0 Å². The number of nitro groups is 1. The van der Waals surface area contributed by atoms with E-state index in [0.717, 1.165) is 5.56 Å². The monoisotopic (exact) mass is 315 g/mol. The van der Waals surface area contributed by atoms with Crippen LogP contribution in [0.1, 0.15) is 11.1 Å². The van der Waals surface area contributed by atoms with Crippen molar-refractivity contribution in [2.75, 3.05) is 12.4 Å². The van der Waals surface area contributed by atoms with Gasteiger partial charge in [-0.05, 0) is 30.7 Å². The van der Waals surface area contributed by atoms with Gasteiger partial charge in [0.25, 0.3) is 5.69 Å². The van der Waals surface area contributed by atoms with E-state index in [2.05, 4.69) is 10.6 Å². The molecule has 7 heteroatoms. The summed E-state index contributed by atoms with van der Waals surface area (Å²) in [7, 11) is 1.57. The molecule has 120 valence electrons. The van der Waals surface area contributed by atoms with Crippen LogP contribution in [0, 0.1) is 17.0 Å². The Balaban J connectivity index is 2.00. The molecule has 2 N–H and O–H groups in total. The zero-order valence-corrected chi connectivity index (χ0v) is 12.8. The number of anilines is 1. The fourth-order valence-corrected chi connectivity index (χ4v) is 2.09. The molecule has 0 aliphatic heterocycles. The van der Waals surface area contributed by atoms with Gasteiger partial charge in [-0.25, -0.2) is 4.79 Å². The number of nitrogens with zero attached hydrogens (tertiary/aromatic N) is 1. The zero-order chi connectivity index (χ0) is 16.8. The number of carbonyl (C=O) groups is 1. The van der Waals surface area contributed by atoms with Crippen molar-refractivity contribution in [3.05, 3.63) is 63.7 Å². The zero-order valence-electron chi connectivity index (χ0n) is 12.8. The number of nitrogens with one attached hydrogen (secondary N) is 2. The maximum absolute atomic E-state index is 12.0. The molecule has 0 bridgehead atoms. The SMILES string of the molecule is COc1cccc(CNC(=O)Nc2cccc([N+](=O)[O-])c2C)c1. The third-order valence-corrected chi connectivity index (χ3v) is 3.34. The van der Waals surface area contributed by atoms with E-state index in [-0.39, 0.29) is 5.69 Å². The van der Waals surface area contributed by atoms with E-state index in [9.17, 15) is 14.9 Å². The Labute approximate surface area is 133 Å².